The third kappa shape index (κ3) is 2.35. The Bertz CT molecular complexity index is 574. The summed E-state index contributed by atoms with van der Waals surface area (Å²) in [4.78, 5) is 13.8. The summed E-state index contributed by atoms with van der Waals surface area (Å²) in [6, 6.07) is 3.99. The molecule has 0 radical (unpaired) electrons. The van der Waals surface area contributed by atoms with Gasteiger partial charge in [-0.1, -0.05) is 41.5 Å². The number of nitrogens with zero attached hydrogens (tertiary/aromatic N) is 3. The molecule has 0 saturated carbocycles. The number of fused-ring (bicyclic) bond motifs is 1. The van der Waals surface area contributed by atoms with Crippen LogP contribution in [0.5, 0.6) is 0 Å². The van der Waals surface area contributed by atoms with Gasteiger partial charge in [0.2, 0.25) is 0 Å². The van der Waals surface area contributed by atoms with Gasteiger partial charge in [-0.3, -0.25) is 0 Å². The van der Waals surface area contributed by atoms with Crippen LogP contribution >= 0.6 is 0 Å². The van der Waals surface area contributed by atoms with Gasteiger partial charge in [-0.05, 0) is 12.1 Å². The molecular weight excluding hydrogens is 222 g/mol. The zero-order chi connectivity index (χ0) is 13.6. The molecule has 0 aromatic carbocycles. The van der Waals surface area contributed by atoms with Gasteiger partial charge in [-0.25, -0.2) is 15.0 Å². The Balaban J connectivity index is 2.81. The van der Waals surface area contributed by atoms with Crippen LogP contribution in [-0.4, -0.2) is 15.0 Å². The summed E-state index contributed by atoms with van der Waals surface area (Å²) in [7, 11) is 0. The molecule has 2 aromatic heterocycles. The summed E-state index contributed by atoms with van der Waals surface area (Å²) >= 11 is 0. The van der Waals surface area contributed by atoms with E-state index in [-0.39, 0.29) is 10.8 Å². The van der Waals surface area contributed by atoms with E-state index in [9.17, 15) is 0 Å². The SMILES string of the molecule is CC(C)(C)c1nc(C(C)(C)C)c2cccnc2n1. The van der Waals surface area contributed by atoms with Crippen LogP contribution in [0.25, 0.3) is 11.0 Å². The summed E-state index contributed by atoms with van der Waals surface area (Å²) in [6.45, 7) is 12.9. The first-order valence-electron chi connectivity index (χ1n) is 6.33. The number of hydrogen-bond acceptors (Lipinski definition) is 3. The van der Waals surface area contributed by atoms with Crippen molar-refractivity contribution in [3.63, 3.8) is 0 Å². The van der Waals surface area contributed by atoms with E-state index in [0.717, 1.165) is 22.6 Å². The van der Waals surface area contributed by atoms with Crippen molar-refractivity contribution in [1.82, 2.24) is 15.0 Å². The van der Waals surface area contributed by atoms with Gasteiger partial charge in [0.05, 0.1) is 5.69 Å². The molecule has 0 spiro atoms. The van der Waals surface area contributed by atoms with Crippen molar-refractivity contribution in [3.05, 3.63) is 29.8 Å². The Morgan fingerprint density at radius 3 is 2.11 bits per heavy atom. The van der Waals surface area contributed by atoms with Gasteiger partial charge in [-0.15, -0.1) is 0 Å². The zero-order valence-corrected chi connectivity index (χ0v) is 12.1. The van der Waals surface area contributed by atoms with E-state index in [4.69, 9.17) is 4.98 Å². The third-order valence-corrected chi connectivity index (χ3v) is 2.85. The highest BCUT2D eigenvalue weighted by molar-refractivity contribution is 5.78. The molecule has 2 heterocycles. The fourth-order valence-corrected chi connectivity index (χ4v) is 1.87. The first-order chi connectivity index (χ1) is 8.19. The standard InChI is InChI=1S/C15H21N3/c1-14(2,3)11-10-8-7-9-16-12(10)18-13(17-11)15(4,5)6/h7-9H,1-6H3. The lowest BCUT2D eigenvalue weighted by molar-refractivity contribution is 0.519. The first kappa shape index (κ1) is 12.9. The third-order valence-electron chi connectivity index (χ3n) is 2.85. The lowest BCUT2D eigenvalue weighted by Crippen LogP contribution is -2.22. The van der Waals surface area contributed by atoms with Crippen molar-refractivity contribution in [3.8, 4) is 0 Å². The molecule has 96 valence electrons. The Morgan fingerprint density at radius 1 is 0.889 bits per heavy atom. The molecule has 0 aliphatic carbocycles. The van der Waals surface area contributed by atoms with E-state index in [1.165, 1.54) is 0 Å². The molecule has 0 aliphatic rings. The second-order valence-electron chi connectivity index (χ2n) is 6.77. The predicted molar refractivity (Wildman–Crippen MR) is 74.7 cm³/mol. The van der Waals surface area contributed by atoms with Crippen LogP contribution < -0.4 is 0 Å². The van der Waals surface area contributed by atoms with E-state index >= 15 is 0 Å². The summed E-state index contributed by atoms with van der Waals surface area (Å²) in [5.74, 6) is 0.860. The molecule has 0 amide bonds. The van der Waals surface area contributed by atoms with Crippen LogP contribution in [0, 0.1) is 0 Å². The number of pyridine rings is 1. The molecule has 0 N–H and O–H groups in total. The fourth-order valence-electron chi connectivity index (χ4n) is 1.87. The molecular formula is C15H21N3. The number of aromatic nitrogens is 3. The fraction of sp³-hybridized carbons (Fsp3) is 0.533. The summed E-state index contributed by atoms with van der Waals surface area (Å²) < 4.78 is 0. The average molecular weight is 243 g/mol. The van der Waals surface area contributed by atoms with Gasteiger partial charge in [0.25, 0.3) is 0 Å². The van der Waals surface area contributed by atoms with Gasteiger partial charge < -0.3 is 0 Å². The maximum absolute atomic E-state index is 4.79. The van der Waals surface area contributed by atoms with Crippen LogP contribution in [0.15, 0.2) is 18.3 Å². The Kier molecular flexibility index (Phi) is 2.88. The van der Waals surface area contributed by atoms with Gasteiger partial charge >= 0.3 is 0 Å². The van der Waals surface area contributed by atoms with Crippen LogP contribution in [0.3, 0.4) is 0 Å². The van der Waals surface area contributed by atoms with Crippen LogP contribution in [0.1, 0.15) is 53.1 Å². The largest absolute Gasteiger partial charge is 0.237 e. The number of rotatable bonds is 0. The quantitative estimate of drug-likeness (QED) is 0.709. The smallest absolute Gasteiger partial charge is 0.163 e. The van der Waals surface area contributed by atoms with Crippen molar-refractivity contribution >= 4 is 11.0 Å². The maximum atomic E-state index is 4.79. The minimum absolute atomic E-state index is 0.00970. The van der Waals surface area contributed by atoms with Crippen LogP contribution in [-0.2, 0) is 10.8 Å². The van der Waals surface area contributed by atoms with E-state index in [0.29, 0.717) is 0 Å². The highest BCUT2D eigenvalue weighted by Gasteiger charge is 2.25. The Labute approximate surface area is 109 Å². The molecule has 0 saturated heterocycles. The molecule has 18 heavy (non-hydrogen) atoms. The van der Waals surface area contributed by atoms with Crippen molar-refractivity contribution in [2.24, 2.45) is 0 Å². The second kappa shape index (κ2) is 4.01. The summed E-state index contributed by atoms with van der Waals surface area (Å²) in [5, 5.41) is 1.05. The number of hydrogen-bond donors (Lipinski definition) is 0. The van der Waals surface area contributed by atoms with Gasteiger partial charge in [0.1, 0.15) is 5.82 Å². The van der Waals surface area contributed by atoms with Gasteiger partial charge in [0.15, 0.2) is 5.65 Å². The molecule has 0 unspecified atom stereocenters. The minimum Gasteiger partial charge on any atom is -0.237 e. The highest BCUT2D eigenvalue weighted by Crippen LogP contribution is 2.29. The van der Waals surface area contributed by atoms with Crippen LogP contribution in [0.2, 0.25) is 0 Å². The second-order valence-corrected chi connectivity index (χ2v) is 6.77. The van der Waals surface area contributed by atoms with E-state index in [2.05, 4.69) is 57.6 Å². The van der Waals surface area contributed by atoms with E-state index in [1.54, 1.807) is 6.20 Å². The molecule has 3 nitrogen and oxygen atoms in total. The van der Waals surface area contributed by atoms with Crippen molar-refractivity contribution in [1.29, 1.82) is 0 Å². The normalized spacial score (nSPS) is 13.0. The monoisotopic (exact) mass is 243 g/mol. The Morgan fingerprint density at radius 2 is 1.56 bits per heavy atom. The van der Waals surface area contributed by atoms with Crippen molar-refractivity contribution < 1.29 is 0 Å². The van der Waals surface area contributed by atoms with Gasteiger partial charge in [0, 0.05) is 22.4 Å². The van der Waals surface area contributed by atoms with E-state index < -0.39 is 0 Å². The molecule has 0 aliphatic heterocycles. The van der Waals surface area contributed by atoms with Crippen LogP contribution in [0.4, 0.5) is 0 Å². The summed E-state index contributed by atoms with van der Waals surface area (Å²) in [6.07, 6.45) is 1.79. The molecule has 3 heteroatoms. The maximum Gasteiger partial charge on any atom is 0.163 e. The van der Waals surface area contributed by atoms with Gasteiger partial charge in [-0.2, -0.15) is 0 Å². The molecule has 0 atom stereocenters. The molecule has 0 fully saturated rings. The molecule has 2 rings (SSSR count). The predicted octanol–water partition coefficient (Wildman–Crippen LogP) is 3.62. The lowest BCUT2D eigenvalue weighted by atomic mass is 9.88. The highest BCUT2D eigenvalue weighted by atomic mass is 15.0. The molecule has 2 aromatic rings. The average Bonchev–Trinajstić information content (AvgIpc) is 2.25. The van der Waals surface area contributed by atoms with E-state index in [1.807, 2.05) is 6.07 Å². The van der Waals surface area contributed by atoms with Crippen molar-refractivity contribution in [2.75, 3.05) is 0 Å². The van der Waals surface area contributed by atoms with Crippen molar-refractivity contribution in [2.45, 2.75) is 52.4 Å². The minimum atomic E-state index is -0.0638. The lowest BCUT2D eigenvalue weighted by Gasteiger charge is -2.24. The summed E-state index contributed by atoms with van der Waals surface area (Å²) in [5.41, 5.74) is 1.79. The Hall–Kier alpha value is -1.51. The first-order valence-corrected chi connectivity index (χ1v) is 6.33. The molecule has 0 bridgehead atoms. The zero-order valence-electron chi connectivity index (χ0n) is 12.1. The topological polar surface area (TPSA) is 38.7 Å².